The number of benzene rings is 2. The van der Waals surface area contributed by atoms with Gasteiger partial charge in [0.2, 0.25) is 5.91 Å². The normalized spacial score (nSPS) is 16.2. The number of aliphatic carboxylic acids is 2. The number of nitrogens with zero attached hydrogens (tertiary/aromatic N) is 1. The fraction of sp³-hybridized carbons (Fsp3) is 0.357. The molecule has 1 saturated carbocycles. The average Bonchev–Trinajstić information content (AvgIpc) is 2.96. The Hall–Kier alpha value is -4.92. The Morgan fingerprint density at radius 2 is 1.43 bits per heavy atom. The zero-order chi connectivity index (χ0) is 29.1. The Morgan fingerprint density at radius 3 is 2.02 bits per heavy atom. The number of carboxylic acid groups (broad SMARTS) is 2. The van der Waals surface area contributed by atoms with Gasteiger partial charge in [0, 0.05) is 23.6 Å². The van der Waals surface area contributed by atoms with Crippen LogP contribution in [-0.2, 0) is 14.4 Å². The van der Waals surface area contributed by atoms with Crippen molar-refractivity contribution in [3.05, 3.63) is 59.2 Å². The molecule has 3 rings (SSSR count). The van der Waals surface area contributed by atoms with E-state index in [4.69, 9.17) is 24.9 Å². The van der Waals surface area contributed by atoms with Gasteiger partial charge in [-0.15, -0.1) is 0 Å². The summed E-state index contributed by atoms with van der Waals surface area (Å²) in [5.74, 6) is -3.61. The molecule has 0 aliphatic heterocycles. The monoisotopic (exact) mass is 551 g/mol. The first-order chi connectivity index (χ1) is 19.2. The maximum absolute atomic E-state index is 12.7. The van der Waals surface area contributed by atoms with E-state index in [1.54, 1.807) is 24.3 Å². The van der Waals surface area contributed by atoms with Gasteiger partial charge in [-0.25, -0.2) is 9.59 Å². The van der Waals surface area contributed by atoms with Crippen LogP contribution in [0.2, 0.25) is 0 Å². The average molecular weight is 552 g/mol. The number of carboxylic acids is 2. The molecule has 40 heavy (non-hydrogen) atoms. The summed E-state index contributed by atoms with van der Waals surface area (Å²) in [6.45, 7) is -1.21. The minimum absolute atomic E-state index is 0.0333. The highest BCUT2D eigenvalue weighted by Crippen LogP contribution is 2.30. The molecule has 0 spiro atoms. The minimum atomic E-state index is -1.27. The molecule has 0 heterocycles. The van der Waals surface area contributed by atoms with Crippen LogP contribution in [-0.4, -0.2) is 66.1 Å². The number of nitriles is 1. The second-order valence-corrected chi connectivity index (χ2v) is 9.28. The van der Waals surface area contributed by atoms with E-state index in [0.29, 0.717) is 30.5 Å². The van der Waals surface area contributed by atoms with Crippen molar-refractivity contribution in [2.75, 3.05) is 26.3 Å². The van der Waals surface area contributed by atoms with Gasteiger partial charge < -0.3 is 30.3 Å². The highest BCUT2D eigenvalue weighted by Gasteiger charge is 2.27. The number of nitrogens with one attached hydrogen (secondary N) is 2. The molecule has 1 aliphatic rings. The van der Waals surface area contributed by atoms with Crippen molar-refractivity contribution in [1.29, 1.82) is 5.26 Å². The fourth-order valence-corrected chi connectivity index (χ4v) is 4.27. The number of ketones is 1. The van der Waals surface area contributed by atoms with Gasteiger partial charge in [0.05, 0.1) is 18.2 Å². The van der Waals surface area contributed by atoms with Crippen LogP contribution in [0.3, 0.4) is 0 Å². The zero-order valence-electron chi connectivity index (χ0n) is 21.6. The van der Waals surface area contributed by atoms with Crippen molar-refractivity contribution in [1.82, 2.24) is 10.6 Å². The van der Waals surface area contributed by atoms with Crippen molar-refractivity contribution in [3.63, 3.8) is 0 Å². The van der Waals surface area contributed by atoms with E-state index in [-0.39, 0.29) is 47.3 Å². The molecule has 0 aromatic heterocycles. The van der Waals surface area contributed by atoms with Crippen molar-refractivity contribution in [2.45, 2.75) is 25.7 Å². The number of carbonyl (C=O) groups is 5. The van der Waals surface area contributed by atoms with Crippen LogP contribution in [0.4, 0.5) is 0 Å². The Balaban J connectivity index is 1.45. The fourth-order valence-electron chi connectivity index (χ4n) is 4.27. The van der Waals surface area contributed by atoms with Crippen LogP contribution in [0.1, 0.15) is 52.0 Å². The minimum Gasteiger partial charge on any atom is -0.479 e. The molecule has 0 unspecified atom stereocenters. The lowest BCUT2D eigenvalue weighted by atomic mass is 9.81. The Bertz CT molecular complexity index is 1290. The van der Waals surface area contributed by atoms with E-state index in [9.17, 15) is 24.0 Å². The Kier molecular flexibility index (Phi) is 10.6. The summed E-state index contributed by atoms with van der Waals surface area (Å²) in [5, 5.41) is 32.1. The third kappa shape index (κ3) is 8.83. The summed E-state index contributed by atoms with van der Waals surface area (Å²) in [5.41, 5.74) is 1.08. The van der Waals surface area contributed by atoms with Crippen LogP contribution in [0, 0.1) is 23.2 Å². The molecule has 12 nitrogen and oxygen atoms in total. The van der Waals surface area contributed by atoms with E-state index < -0.39 is 30.9 Å². The molecular weight excluding hydrogens is 522 g/mol. The summed E-state index contributed by atoms with van der Waals surface area (Å²) in [4.78, 5) is 59.3. The maximum atomic E-state index is 12.7. The Morgan fingerprint density at radius 1 is 0.825 bits per heavy atom. The largest absolute Gasteiger partial charge is 0.479 e. The van der Waals surface area contributed by atoms with Crippen LogP contribution < -0.4 is 20.1 Å². The Labute approximate surface area is 229 Å². The SMILES string of the molecule is N#Cc1ccc(C(=O)NC[C@H]2CC[C@H](C(=O)NCC(=O)c3ccc(OCC(=O)O)c(OCC(=O)O)c3)CC2)cc1. The number of amides is 2. The van der Waals surface area contributed by atoms with Gasteiger partial charge in [-0.1, -0.05) is 0 Å². The summed E-state index contributed by atoms with van der Waals surface area (Å²) in [6, 6.07) is 12.3. The third-order valence-corrected chi connectivity index (χ3v) is 6.44. The van der Waals surface area contributed by atoms with E-state index >= 15 is 0 Å². The maximum Gasteiger partial charge on any atom is 0.341 e. The molecule has 2 aromatic rings. The molecule has 0 saturated heterocycles. The van der Waals surface area contributed by atoms with E-state index in [0.717, 1.165) is 12.8 Å². The van der Waals surface area contributed by atoms with Gasteiger partial charge in [-0.05, 0) is 74.1 Å². The molecule has 2 aromatic carbocycles. The predicted molar refractivity (Wildman–Crippen MR) is 139 cm³/mol. The van der Waals surface area contributed by atoms with E-state index in [1.807, 2.05) is 6.07 Å². The van der Waals surface area contributed by atoms with Crippen LogP contribution >= 0.6 is 0 Å². The topological polar surface area (TPSA) is 192 Å². The zero-order valence-corrected chi connectivity index (χ0v) is 21.6. The first-order valence-corrected chi connectivity index (χ1v) is 12.6. The number of carbonyl (C=O) groups excluding carboxylic acids is 3. The lowest BCUT2D eigenvalue weighted by Gasteiger charge is -2.27. The van der Waals surface area contributed by atoms with Crippen molar-refractivity contribution in [3.8, 4) is 17.6 Å². The van der Waals surface area contributed by atoms with Crippen molar-refractivity contribution in [2.24, 2.45) is 11.8 Å². The van der Waals surface area contributed by atoms with Crippen LogP contribution in [0.15, 0.2) is 42.5 Å². The van der Waals surface area contributed by atoms with Crippen LogP contribution in [0.25, 0.3) is 0 Å². The molecule has 12 heteroatoms. The number of rotatable bonds is 13. The second-order valence-electron chi connectivity index (χ2n) is 9.28. The predicted octanol–water partition coefficient (Wildman–Crippen LogP) is 2.02. The lowest BCUT2D eigenvalue weighted by Crippen LogP contribution is -2.38. The first-order valence-electron chi connectivity index (χ1n) is 12.6. The lowest BCUT2D eigenvalue weighted by molar-refractivity contribution is -0.140. The quantitative estimate of drug-likeness (QED) is 0.268. The summed E-state index contributed by atoms with van der Waals surface area (Å²) in [6.07, 6.45) is 2.70. The highest BCUT2D eigenvalue weighted by atomic mass is 16.5. The first kappa shape index (κ1) is 29.6. The summed E-state index contributed by atoms with van der Waals surface area (Å²) >= 11 is 0. The van der Waals surface area contributed by atoms with Crippen molar-refractivity contribution >= 4 is 29.5 Å². The molecule has 1 aliphatic carbocycles. The molecule has 0 atom stereocenters. The number of Topliss-reactive ketones (excluding diaryl/α,β-unsaturated/α-hetero) is 1. The second kappa shape index (κ2) is 14.3. The van der Waals surface area contributed by atoms with Gasteiger partial charge in [0.25, 0.3) is 5.91 Å². The van der Waals surface area contributed by atoms with Gasteiger partial charge >= 0.3 is 11.9 Å². The molecular formula is C28H29N3O9. The van der Waals surface area contributed by atoms with Gasteiger partial charge in [-0.2, -0.15) is 5.26 Å². The number of ether oxygens (including phenoxy) is 2. The molecule has 0 bridgehead atoms. The van der Waals surface area contributed by atoms with Crippen molar-refractivity contribution < 1.29 is 43.7 Å². The van der Waals surface area contributed by atoms with E-state index in [2.05, 4.69) is 10.6 Å². The van der Waals surface area contributed by atoms with Gasteiger partial charge in [-0.3, -0.25) is 14.4 Å². The summed E-state index contributed by atoms with van der Waals surface area (Å²) in [7, 11) is 0. The molecule has 2 amide bonds. The molecule has 1 fully saturated rings. The van der Waals surface area contributed by atoms with Crippen LogP contribution in [0.5, 0.6) is 11.5 Å². The molecule has 0 radical (unpaired) electrons. The smallest absolute Gasteiger partial charge is 0.341 e. The number of hydrogen-bond donors (Lipinski definition) is 4. The standard InChI is InChI=1S/C28H29N3O9/c29-12-17-1-5-19(6-2-17)27(37)30-13-18-3-7-20(8-4-18)28(38)31-14-22(32)21-9-10-23(39-15-25(33)34)24(11-21)40-16-26(35)36/h1-2,5-6,9-11,18,20H,3-4,7-8,13-16H2,(H,30,37)(H,31,38)(H,33,34)(H,35,36)/t18-,20-. The summed E-state index contributed by atoms with van der Waals surface area (Å²) < 4.78 is 10.2. The van der Waals surface area contributed by atoms with E-state index in [1.165, 1.54) is 18.2 Å². The number of hydrogen-bond acceptors (Lipinski definition) is 8. The van der Waals surface area contributed by atoms with Gasteiger partial charge in [0.15, 0.2) is 30.5 Å². The molecule has 4 N–H and O–H groups in total. The van der Waals surface area contributed by atoms with Gasteiger partial charge in [0.1, 0.15) is 0 Å². The highest BCUT2D eigenvalue weighted by molar-refractivity contribution is 6.00. The third-order valence-electron chi connectivity index (χ3n) is 6.44. The molecule has 210 valence electrons.